The third-order valence-electron chi connectivity index (χ3n) is 7.54. The minimum Gasteiger partial charge on any atom is -0.444 e. The standard InChI is InChI=1S/C36H28O6/c1-24(2)27-19-20-30-31(23-27)40-36(42-33(38)22-18-26-13-7-4-8-14-26)29-16-10-9-15-28(29)34(39)35(30,36)41-32(37)21-17-25-11-5-3-6-12-25/h3-24H,1-2H3/b21-17?,22-18+. The Morgan fingerprint density at radius 2 is 1.29 bits per heavy atom. The number of ketones is 1. The van der Waals surface area contributed by atoms with Crippen LogP contribution in [0.3, 0.4) is 0 Å². The Hall–Kier alpha value is -5.23. The predicted octanol–water partition coefficient (Wildman–Crippen LogP) is 6.96. The van der Waals surface area contributed by atoms with Gasteiger partial charge in [0.15, 0.2) is 0 Å². The molecule has 2 unspecified atom stereocenters. The topological polar surface area (TPSA) is 78.9 Å². The van der Waals surface area contributed by atoms with Crippen LogP contribution in [-0.4, -0.2) is 17.7 Å². The van der Waals surface area contributed by atoms with Gasteiger partial charge in [-0.15, -0.1) is 0 Å². The summed E-state index contributed by atoms with van der Waals surface area (Å²) in [6.45, 7) is 4.07. The fourth-order valence-corrected chi connectivity index (χ4v) is 5.49. The maximum atomic E-state index is 14.4. The second kappa shape index (κ2) is 10.6. The van der Waals surface area contributed by atoms with Crippen LogP contribution < -0.4 is 4.74 Å². The SMILES string of the molecule is CC(C)c1ccc2c(c1)OC1(OC(=O)/C=C/c3ccccc3)c3ccccc3C(=O)C21OC(=O)C=Cc1ccccc1. The van der Waals surface area contributed by atoms with Gasteiger partial charge >= 0.3 is 17.7 Å². The molecule has 0 saturated carbocycles. The molecule has 2 aliphatic rings. The average Bonchev–Trinajstić information content (AvgIpc) is 3.38. The van der Waals surface area contributed by atoms with Gasteiger partial charge in [0.1, 0.15) is 5.75 Å². The normalized spacial score (nSPS) is 20.3. The Labute approximate surface area is 243 Å². The Morgan fingerprint density at radius 3 is 1.90 bits per heavy atom. The van der Waals surface area contributed by atoms with Gasteiger partial charge < -0.3 is 14.2 Å². The van der Waals surface area contributed by atoms with E-state index in [1.165, 1.54) is 12.2 Å². The van der Waals surface area contributed by atoms with Crippen molar-refractivity contribution in [1.29, 1.82) is 0 Å². The highest BCUT2D eigenvalue weighted by Crippen LogP contribution is 2.62. The lowest BCUT2D eigenvalue weighted by Gasteiger charge is -2.36. The van der Waals surface area contributed by atoms with Crippen LogP contribution >= 0.6 is 0 Å². The van der Waals surface area contributed by atoms with Crippen molar-refractivity contribution in [3.8, 4) is 5.75 Å². The summed E-state index contributed by atoms with van der Waals surface area (Å²) in [7, 11) is 0. The molecular weight excluding hydrogens is 528 g/mol. The van der Waals surface area contributed by atoms with E-state index in [0.29, 0.717) is 16.9 Å². The molecule has 2 atom stereocenters. The number of hydrogen-bond donors (Lipinski definition) is 0. The van der Waals surface area contributed by atoms with Crippen LogP contribution in [0.25, 0.3) is 12.2 Å². The number of ether oxygens (including phenoxy) is 3. The minimum atomic E-state index is -2.10. The molecular formula is C36H28O6. The number of fused-ring (bicyclic) bond motifs is 5. The lowest BCUT2D eigenvalue weighted by molar-refractivity contribution is -0.251. The van der Waals surface area contributed by atoms with Crippen molar-refractivity contribution in [3.63, 3.8) is 0 Å². The van der Waals surface area contributed by atoms with Gasteiger partial charge in [-0.3, -0.25) is 4.79 Å². The molecule has 6 rings (SSSR count). The molecule has 1 heterocycles. The Bertz CT molecular complexity index is 1740. The lowest BCUT2D eigenvalue weighted by Crippen LogP contribution is -2.54. The van der Waals surface area contributed by atoms with E-state index in [9.17, 15) is 14.4 Å². The van der Waals surface area contributed by atoms with E-state index in [0.717, 1.165) is 16.7 Å². The van der Waals surface area contributed by atoms with Crippen molar-refractivity contribution in [1.82, 2.24) is 0 Å². The van der Waals surface area contributed by atoms with Gasteiger partial charge in [-0.25, -0.2) is 9.59 Å². The van der Waals surface area contributed by atoms with Gasteiger partial charge in [-0.1, -0.05) is 111 Å². The van der Waals surface area contributed by atoms with E-state index in [1.54, 1.807) is 48.6 Å². The number of carbonyl (C=O) groups is 3. The maximum Gasteiger partial charge on any atom is 0.334 e. The van der Waals surface area contributed by atoms with Gasteiger partial charge in [0.05, 0.1) is 11.1 Å². The summed E-state index contributed by atoms with van der Waals surface area (Å²) >= 11 is 0. The number of hydrogen-bond acceptors (Lipinski definition) is 6. The third-order valence-corrected chi connectivity index (χ3v) is 7.54. The number of rotatable bonds is 7. The zero-order chi connectivity index (χ0) is 29.3. The molecule has 208 valence electrons. The van der Waals surface area contributed by atoms with Crippen molar-refractivity contribution in [2.45, 2.75) is 31.2 Å². The first-order valence-electron chi connectivity index (χ1n) is 13.7. The zero-order valence-electron chi connectivity index (χ0n) is 23.2. The quantitative estimate of drug-likeness (QED) is 0.181. The van der Waals surface area contributed by atoms with Crippen LogP contribution in [0.5, 0.6) is 5.75 Å². The monoisotopic (exact) mass is 556 g/mol. The smallest absolute Gasteiger partial charge is 0.334 e. The van der Waals surface area contributed by atoms with E-state index < -0.39 is 29.1 Å². The fourth-order valence-electron chi connectivity index (χ4n) is 5.49. The van der Waals surface area contributed by atoms with Gasteiger partial charge in [0.25, 0.3) is 5.60 Å². The first-order chi connectivity index (χ1) is 20.3. The average molecular weight is 557 g/mol. The van der Waals surface area contributed by atoms with E-state index in [-0.39, 0.29) is 11.5 Å². The summed E-state index contributed by atoms with van der Waals surface area (Å²) in [5, 5.41) is 0. The Morgan fingerprint density at radius 1 is 0.714 bits per heavy atom. The molecule has 42 heavy (non-hydrogen) atoms. The van der Waals surface area contributed by atoms with Crippen LogP contribution in [0.2, 0.25) is 0 Å². The second-order valence-corrected chi connectivity index (χ2v) is 10.5. The van der Waals surface area contributed by atoms with Crippen LogP contribution in [0.1, 0.15) is 57.9 Å². The van der Waals surface area contributed by atoms with Crippen LogP contribution in [0.4, 0.5) is 0 Å². The second-order valence-electron chi connectivity index (χ2n) is 10.5. The van der Waals surface area contributed by atoms with E-state index >= 15 is 0 Å². The molecule has 4 aromatic carbocycles. The lowest BCUT2D eigenvalue weighted by atomic mass is 9.85. The van der Waals surface area contributed by atoms with Gasteiger partial charge in [0.2, 0.25) is 5.78 Å². The third kappa shape index (κ3) is 4.41. The van der Waals surface area contributed by atoms with Crippen molar-refractivity contribution in [2.75, 3.05) is 0 Å². The molecule has 0 bridgehead atoms. The highest BCUT2D eigenvalue weighted by molar-refractivity contribution is 6.11. The van der Waals surface area contributed by atoms with Crippen LogP contribution in [0, 0.1) is 0 Å². The molecule has 0 spiro atoms. The number of Topliss-reactive ketones (excluding diaryl/α,β-unsaturated/α-hetero) is 1. The van der Waals surface area contributed by atoms with Gasteiger partial charge in [-0.2, -0.15) is 0 Å². The zero-order valence-corrected chi connectivity index (χ0v) is 23.2. The van der Waals surface area contributed by atoms with Crippen LogP contribution in [0.15, 0.2) is 115 Å². The number of benzene rings is 4. The molecule has 0 aromatic heterocycles. The molecule has 0 fully saturated rings. The van der Waals surface area contributed by atoms with E-state index in [4.69, 9.17) is 14.2 Å². The fraction of sp³-hybridized carbons (Fsp3) is 0.139. The predicted molar refractivity (Wildman–Crippen MR) is 158 cm³/mol. The molecule has 0 radical (unpaired) electrons. The Kier molecular flexibility index (Phi) is 6.83. The molecule has 1 aliphatic carbocycles. The molecule has 6 nitrogen and oxygen atoms in total. The summed E-state index contributed by atoms with van der Waals surface area (Å²) in [4.78, 5) is 41.3. The minimum absolute atomic E-state index is 0.155. The molecule has 0 N–H and O–H groups in total. The number of esters is 2. The highest BCUT2D eigenvalue weighted by atomic mass is 16.8. The molecule has 6 heteroatoms. The van der Waals surface area contributed by atoms with Gasteiger partial charge in [0, 0.05) is 17.7 Å². The number of carbonyl (C=O) groups excluding carboxylic acids is 3. The molecule has 1 aliphatic heterocycles. The molecule has 0 amide bonds. The van der Waals surface area contributed by atoms with Crippen molar-refractivity contribution in [2.24, 2.45) is 0 Å². The maximum absolute atomic E-state index is 14.4. The highest BCUT2D eigenvalue weighted by Gasteiger charge is 2.76. The summed E-state index contributed by atoms with van der Waals surface area (Å²) in [6, 6.07) is 30.6. The summed E-state index contributed by atoms with van der Waals surface area (Å²) in [6.07, 6.45) is 5.73. The van der Waals surface area contributed by atoms with E-state index in [2.05, 4.69) is 0 Å². The summed E-state index contributed by atoms with van der Waals surface area (Å²) in [5.41, 5.74) is 1.28. The van der Waals surface area contributed by atoms with Crippen LogP contribution in [-0.2, 0) is 30.5 Å². The van der Waals surface area contributed by atoms with Crippen molar-refractivity contribution < 1.29 is 28.6 Å². The van der Waals surface area contributed by atoms with Crippen molar-refractivity contribution >= 4 is 29.9 Å². The molecule has 0 saturated heterocycles. The van der Waals surface area contributed by atoms with Crippen molar-refractivity contribution in [3.05, 3.63) is 149 Å². The first-order valence-corrected chi connectivity index (χ1v) is 13.7. The van der Waals surface area contributed by atoms with E-state index in [1.807, 2.05) is 80.6 Å². The first kappa shape index (κ1) is 27.0. The Balaban J connectivity index is 1.48. The summed E-state index contributed by atoms with van der Waals surface area (Å²) < 4.78 is 18.7. The largest absolute Gasteiger partial charge is 0.444 e. The van der Waals surface area contributed by atoms with Gasteiger partial charge in [-0.05, 0) is 40.8 Å². The summed E-state index contributed by atoms with van der Waals surface area (Å²) in [5.74, 6) is -3.70. The molecule has 4 aromatic rings.